The lowest BCUT2D eigenvalue weighted by Gasteiger charge is -2.10. The molecule has 0 unspecified atom stereocenters. The van der Waals surface area contributed by atoms with Crippen LogP contribution in [0.1, 0.15) is 5.56 Å². The van der Waals surface area contributed by atoms with Crippen molar-refractivity contribution in [3.63, 3.8) is 0 Å². The molecule has 4 aromatic rings. The van der Waals surface area contributed by atoms with Crippen molar-refractivity contribution in [2.45, 2.75) is 6.54 Å². The molecule has 0 aliphatic rings. The van der Waals surface area contributed by atoms with Crippen molar-refractivity contribution in [2.24, 2.45) is 0 Å². The summed E-state index contributed by atoms with van der Waals surface area (Å²) in [4.78, 5) is 11.6. The minimum absolute atomic E-state index is 0.412. The maximum absolute atomic E-state index is 11.6. The van der Waals surface area contributed by atoms with Crippen LogP contribution in [-0.2, 0) is 6.54 Å². The maximum atomic E-state index is 11.6. The summed E-state index contributed by atoms with van der Waals surface area (Å²) >= 11 is 0. The van der Waals surface area contributed by atoms with Gasteiger partial charge in [0.1, 0.15) is 6.61 Å². The molecule has 0 amide bonds. The Labute approximate surface area is 143 Å². The topological polar surface area (TPSA) is 64.6 Å². The third-order valence-corrected chi connectivity index (χ3v) is 3.98. The zero-order valence-corrected chi connectivity index (χ0v) is 13.5. The molecule has 0 saturated heterocycles. The highest BCUT2D eigenvalue weighted by atomic mass is 16.5. The fourth-order valence-corrected chi connectivity index (χ4v) is 2.79. The Bertz CT molecular complexity index is 1050. The molecule has 0 bridgehead atoms. The zero-order valence-electron chi connectivity index (χ0n) is 13.5. The van der Waals surface area contributed by atoms with Crippen LogP contribution in [0.5, 0.6) is 5.75 Å². The molecule has 2 aromatic carbocycles. The number of nitrogens with one attached hydrogen (secondary N) is 1. The molecule has 5 heteroatoms. The van der Waals surface area contributed by atoms with Crippen LogP contribution in [0.4, 0.5) is 0 Å². The van der Waals surface area contributed by atoms with E-state index in [1.165, 1.54) is 11.6 Å². The van der Waals surface area contributed by atoms with Crippen molar-refractivity contribution in [2.75, 3.05) is 13.2 Å². The van der Waals surface area contributed by atoms with Gasteiger partial charge in [-0.2, -0.15) is 0 Å². The molecule has 0 aliphatic carbocycles. The van der Waals surface area contributed by atoms with Gasteiger partial charge < -0.3 is 18.9 Å². The highest BCUT2D eigenvalue weighted by Crippen LogP contribution is 2.34. The number of rotatable bonds is 6. The minimum Gasteiger partial charge on any atom is -0.485 e. The molecule has 126 valence electrons. The quantitative estimate of drug-likeness (QED) is 0.430. The fourth-order valence-electron chi connectivity index (χ4n) is 2.79. The second-order valence-electron chi connectivity index (χ2n) is 5.73. The first kappa shape index (κ1) is 15.5. The van der Waals surface area contributed by atoms with E-state index >= 15 is 0 Å². The van der Waals surface area contributed by atoms with Crippen LogP contribution in [0, 0.1) is 0 Å². The molecule has 25 heavy (non-hydrogen) atoms. The van der Waals surface area contributed by atoms with Gasteiger partial charge in [0, 0.05) is 29.9 Å². The molecule has 0 aliphatic heterocycles. The third-order valence-electron chi connectivity index (χ3n) is 3.98. The van der Waals surface area contributed by atoms with Crippen LogP contribution >= 0.6 is 0 Å². The normalized spacial score (nSPS) is 11.2. The molecule has 4 rings (SSSR count). The van der Waals surface area contributed by atoms with Gasteiger partial charge in [0.2, 0.25) is 5.75 Å². The van der Waals surface area contributed by atoms with Crippen LogP contribution in [0.15, 0.2) is 74.5 Å². The first-order valence-corrected chi connectivity index (χ1v) is 8.13. The predicted octanol–water partition coefficient (Wildman–Crippen LogP) is 3.71. The summed E-state index contributed by atoms with van der Waals surface area (Å²) in [5.74, 6) is 0.469. The van der Waals surface area contributed by atoms with Crippen molar-refractivity contribution in [1.29, 1.82) is 0 Å². The maximum Gasteiger partial charge on any atom is 0.336 e. The van der Waals surface area contributed by atoms with Gasteiger partial charge in [0.25, 0.3) is 0 Å². The van der Waals surface area contributed by atoms with Gasteiger partial charge >= 0.3 is 5.63 Å². The molecule has 0 spiro atoms. The van der Waals surface area contributed by atoms with Crippen LogP contribution in [0.3, 0.4) is 0 Å². The van der Waals surface area contributed by atoms with E-state index in [4.69, 9.17) is 13.6 Å². The minimum atomic E-state index is -0.412. The predicted molar refractivity (Wildman–Crippen MR) is 95.9 cm³/mol. The van der Waals surface area contributed by atoms with Crippen molar-refractivity contribution in [1.82, 2.24) is 5.32 Å². The number of ether oxygens (including phenoxy) is 1. The van der Waals surface area contributed by atoms with Crippen molar-refractivity contribution >= 4 is 21.9 Å². The van der Waals surface area contributed by atoms with Gasteiger partial charge in [-0.25, -0.2) is 4.79 Å². The van der Waals surface area contributed by atoms with E-state index in [0.717, 1.165) is 17.3 Å². The Morgan fingerprint density at radius 2 is 1.80 bits per heavy atom. The number of benzene rings is 2. The summed E-state index contributed by atoms with van der Waals surface area (Å²) in [6.45, 7) is 1.86. The molecular formula is C20H17NO4. The first-order valence-electron chi connectivity index (χ1n) is 8.13. The molecule has 0 radical (unpaired) electrons. The standard InChI is InChI=1S/C20H17NO4/c22-17-7-6-15-12-16-8-10-23-18(16)20(19(15)25-17)24-11-9-21-13-14-4-2-1-3-5-14/h1-8,10,12,21H,9,11,13H2. The second kappa shape index (κ2) is 6.83. The summed E-state index contributed by atoms with van der Waals surface area (Å²) in [6, 6.07) is 17.1. The van der Waals surface area contributed by atoms with E-state index < -0.39 is 5.63 Å². The van der Waals surface area contributed by atoms with Crippen molar-refractivity contribution < 1.29 is 13.6 Å². The summed E-state index contributed by atoms with van der Waals surface area (Å²) in [5, 5.41) is 5.04. The molecule has 0 fully saturated rings. The van der Waals surface area contributed by atoms with E-state index in [0.29, 0.717) is 30.1 Å². The van der Waals surface area contributed by atoms with Crippen LogP contribution in [-0.4, -0.2) is 13.2 Å². The van der Waals surface area contributed by atoms with Crippen LogP contribution < -0.4 is 15.7 Å². The Morgan fingerprint density at radius 1 is 0.960 bits per heavy atom. The number of furan rings is 1. The van der Waals surface area contributed by atoms with E-state index in [1.807, 2.05) is 30.3 Å². The van der Waals surface area contributed by atoms with Gasteiger partial charge in [0.15, 0.2) is 11.2 Å². The Balaban J connectivity index is 1.50. The fraction of sp³-hybridized carbons (Fsp3) is 0.150. The lowest BCUT2D eigenvalue weighted by atomic mass is 10.1. The van der Waals surface area contributed by atoms with Gasteiger partial charge in [-0.1, -0.05) is 30.3 Å². The van der Waals surface area contributed by atoms with E-state index in [9.17, 15) is 4.79 Å². The van der Waals surface area contributed by atoms with Crippen molar-refractivity contribution in [3.05, 3.63) is 76.8 Å². The summed E-state index contributed by atoms with van der Waals surface area (Å²) in [6.07, 6.45) is 1.60. The van der Waals surface area contributed by atoms with Gasteiger partial charge in [-0.3, -0.25) is 0 Å². The molecule has 2 aromatic heterocycles. The first-order chi connectivity index (χ1) is 12.3. The molecule has 1 N–H and O–H groups in total. The van der Waals surface area contributed by atoms with Gasteiger partial charge in [-0.15, -0.1) is 0 Å². The van der Waals surface area contributed by atoms with Crippen molar-refractivity contribution in [3.8, 4) is 5.75 Å². The highest BCUT2D eigenvalue weighted by Gasteiger charge is 2.14. The monoisotopic (exact) mass is 335 g/mol. The second-order valence-corrected chi connectivity index (χ2v) is 5.73. The molecule has 5 nitrogen and oxygen atoms in total. The molecule has 0 atom stereocenters. The molecular weight excluding hydrogens is 318 g/mol. The smallest absolute Gasteiger partial charge is 0.336 e. The summed E-state index contributed by atoms with van der Waals surface area (Å²) in [7, 11) is 0. The Morgan fingerprint density at radius 3 is 2.68 bits per heavy atom. The number of fused-ring (bicyclic) bond motifs is 2. The lowest BCUT2D eigenvalue weighted by Crippen LogP contribution is -2.20. The SMILES string of the molecule is O=c1ccc2cc3ccoc3c(OCCNCc3ccccc3)c2o1. The third kappa shape index (κ3) is 3.27. The molecule has 2 heterocycles. The zero-order chi connectivity index (χ0) is 17.1. The van der Waals surface area contributed by atoms with Crippen LogP contribution in [0.25, 0.3) is 21.9 Å². The van der Waals surface area contributed by atoms with Gasteiger partial charge in [-0.05, 0) is 23.8 Å². The Hall–Kier alpha value is -3.05. The summed E-state index contributed by atoms with van der Waals surface area (Å²) < 4.78 is 16.7. The average molecular weight is 335 g/mol. The number of hydrogen-bond acceptors (Lipinski definition) is 5. The van der Waals surface area contributed by atoms with E-state index in [2.05, 4.69) is 17.4 Å². The average Bonchev–Trinajstić information content (AvgIpc) is 3.10. The Kier molecular flexibility index (Phi) is 4.23. The molecule has 0 saturated carbocycles. The van der Waals surface area contributed by atoms with E-state index in [-0.39, 0.29) is 0 Å². The summed E-state index contributed by atoms with van der Waals surface area (Å²) in [5.41, 5.74) is 1.81. The highest BCUT2D eigenvalue weighted by molar-refractivity contribution is 5.99. The largest absolute Gasteiger partial charge is 0.485 e. The number of hydrogen-bond donors (Lipinski definition) is 1. The van der Waals surface area contributed by atoms with Gasteiger partial charge in [0.05, 0.1) is 6.26 Å². The lowest BCUT2D eigenvalue weighted by molar-refractivity contribution is 0.310. The van der Waals surface area contributed by atoms with Crippen LogP contribution in [0.2, 0.25) is 0 Å². The van der Waals surface area contributed by atoms with E-state index in [1.54, 1.807) is 12.3 Å².